The summed E-state index contributed by atoms with van der Waals surface area (Å²) in [6, 6.07) is 3.91. The molecule has 0 atom stereocenters. The number of benzene rings is 1. The van der Waals surface area contributed by atoms with Gasteiger partial charge >= 0.3 is 0 Å². The number of phenolic OH excluding ortho intramolecular Hbond substituents is 1. The van der Waals surface area contributed by atoms with E-state index in [0.717, 1.165) is 27.6 Å². The van der Waals surface area contributed by atoms with Crippen molar-refractivity contribution in [2.24, 2.45) is 0 Å². The van der Waals surface area contributed by atoms with Gasteiger partial charge in [-0.15, -0.1) is 0 Å². The lowest BCUT2D eigenvalue weighted by atomic mass is 9.75. The second kappa shape index (κ2) is 6.12. The number of phenols is 1. The number of hydrogen-bond donors (Lipinski definition) is 2. The van der Waals surface area contributed by atoms with E-state index < -0.39 is 0 Å². The molecule has 0 aliphatic heterocycles. The summed E-state index contributed by atoms with van der Waals surface area (Å²) in [4.78, 5) is 2.34. The van der Waals surface area contributed by atoms with Gasteiger partial charge in [0.1, 0.15) is 5.75 Å². The molecule has 5 heteroatoms. The van der Waals surface area contributed by atoms with Crippen molar-refractivity contribution in [2.75, 3.05) is 20.6 Å². The lowest BCUT2D eigenvalue weighted by molar-refractivity contribution is 0.0598. The van der Waals surface area contributed by atoms with E-state index in [1.165, 1.54) is 19.3 Å². The van der Waals surface area contributed by atoms with Crippen LogP contribution in [0.5, 0.6) is 5.75 Å². The predicted octanol–water partition coefficient (Wildman–Crippen LogP) is 3.49. The molecular weight excluding hydrogens is 372 g/mol. The Morgan fingerprint density at radius 1 is 1.26 bits per heavy atom. The number of rotatable bonds is 5. The Kier molecular flexibility index (Phi) is 4.93. The van der Waals surface area contributed by atoms with E-state index in [1.807, 2.05) is 12.1 Å². The van der Waals surface area contributed by atoms with E-state index in [2.05, 4.69) is 56.2 Å². The van der Waals surface area contributed by atoms with Gasteiger partial charge in [-0.2, -0.15) is 0 Å². The van der Waals surface area contributed by atoms with Crippen molar-refractivity contribution in [3.05, 3.63) is 26.6 Å². The molecule has 1 aliphatic carbocycles. The van der Waals surface area contributed by atoms with Gasteiger partial charge in [0.15, 0.2) is 0 Å². The quantitative estimate of drug-likeness (QED) is 0.806. The van der Waals surface area contributed by atoms with Gasteiger partial charge in [-0.3, -0.25) is 0 Å². The molecule has 1 aromatic carbocycles. The molecular formula is C14H20Br2N2O. The maximum atomic E-state index is 9.68. The topological polar surface area (TPSA) is 35.5 Å². The van der Waals surface area contributed by atoms with Crippen molar-refractivity contribution in [1.29, 1.82) is 0 Å². The second-order valence-corrected chi connectivity index (χ2v) is 7.19. The Morgan fingerprint density at radius 3 is 2.26 bits per heavy atom. The van der Waals surface area contributed by atoms with E-state index in [0.29, 0.717) is 5.54 Å². The molecule has 1 aromatic rings. The fourth-order valence-electron chi connectivity index (χ4n) is 2.53. The summed E-state index contributed by atoms with van der Waals surface area (Å²) >= 11 is 6.72. The Morgan fingerprint density at radius 2 is 1.84 bits per heavy atom. The number of aromatic hydroxyl groups is 1. The predicted molar refractivity (Wildman–Crippen MR) is 85.5 cm³/mol. The molecule has 1 saturated carbocycles. The third-order valence-electron chi connectivity index (χ3n) is 4.09. The van der Waals surface area contributed by atoms with E-state index in [4.69, 9.17) is 0 Å². The van der Waals surface area contributed by atoms with Crippen molar-refractivity contribution in [1.82, 2.24) is 10.2 Å². The highest BCUT2D eigenvalue weighted by Gasteiger charge is 2.38. The first-order chi connectivity index (χ1) is 8.94. The molecule has 1 aliphatic rings. The molecule has 0 heterocycles. The van der Waals surface area contributed by atoms with E-state index in [9.17, 15) is 5.11 Å². The zero-order valence-electron chi connectivity index (χ0n) is 11.3. The third kappa shape index (κ3) is 3.32. The van der Waals surface area contributed by atoms with Gasteiger partial charge in [0.25, 0.3) is 0 Å². The van der Waals surface area contributed by atoms with Crippen molar-refractivity contribution >= 4 is 31.9 Å². The summed E-state index contributed by atoms with van der Waals surface area (Å²) in [5.41, 5.74) is 1.50. The van der Waals surface area contributed by atoms with Crippen LogP contribution in [-0.4, -0.2) is 36.2 Å². The normalized spacial score (nSPS) is 17.5. The maximum Gasteiger partial charge on any atom is 0.143 e. The van der Waals surface area contributed by atoms with Crippen LogP contribution < -0.4 is 5.32 Å². The molecule has 106 valence electrons. The zero-order valence-corrected chi connectivity index (χ0v) is 14.5. The van der Waals surface area contributed by atoms with Crippen LogP contribution in [0.25, 0.3) is 0 Å². The van der Waals surface area contributed by atoms with Crippen LogP contribution in [0.2, 0.25) is 0 Å². The van der Waals surface area contributed by atoms with Gasteiger partial charge < -0.3 is 15.3 Å². The average molecular weight is 392 g/mol. The van der Waals surface area contributed by atoms with Crippen LogP contribution in [0.15, 0.2) is 21.1 Å². The molecule has 0 aromatic heterocycles. The number of halogens is 2. The summed E-state index contributed by atoms with van der Waals surface area (Å²) in [6.07, 6.45) is 3.88. The smallest absolute Gasteiger partial charge is 0.143 e. The summed E-state index contributed by atoms with van der Waals surface area (Å²) in [5.74, 6) is 0.257. The lowest BCUT2D eigenvalue weighted by Gasteiger charge is -2.47. The number of likely N-dealkylation sites (N-methyl/N-ethyl adjacent to an activating group) is 1. The number of nitrogens with one attached hydrogen (secondary N) is 1. The molecule has 0 unspecified atom stereocenters. The monoisotopic (exact) mass is 390 g/mol. The minimum atomic E-state index is 0.257. The van der Waals surface area contributed by atoms with E-state index in [-0.39, 0.29) is 5.75 Å². The first-order valence-corrected chi connectivity index (χ1v) is 8.08. The summed E-state index contributed by atoms with van der Waals surface area (Å²) in [5, 5.41) is 13.2. The fourth-order valence-corrected chi connectivity index (χ4v) is 3.81. The van der Waals surface area contributed by atoms with Gasteiger partial charge in [-0.05, 0) is 82.9 Å². The second-order valence-electron chi connectivity index (χ2n) is 5.48. The molecule has 0 bridgehead atoms. The molecule has 0 spiro atoms. The van der Waals surface area contributed by atoms with Crippen LogP contribution in [0, 0.1) is 0 Å². The molecule has 3 nitrogen and oxygen atoms in total. The Hall–Kier alpha value is -0.100. The zero-order chi connectivity index (χ0) is 14.0. The summed E-state index contributed by atoms with van der Waals surface area (Å²) in [6.45, 7) is 1.82. The van der Waals surface area contributed by atoms with E-state index >= 15 is 0 Å². The van der Waals surface area contributed by atoms with Crippen LogP contribution in [0.4, 0.5) is 0 Å². The van der Waals surface area contributed by atoms with Crippen LogP contribution in [0.1, 0.15) is 24.8 Å². The van der Waals surface area contributed by atoms with Crippen LogP contribution >= 0.6 is 31.9 Å². The SMILES string of the molecule is CN(C)C1(CNCc2cc(Br)c(O)c(Br)c2)CCC1. The molecule has 1 fully saturated rings. The largest absolute Gasteiger partial charge is 0.506 e. The molecule has 0 amide bonds. The van der Waals surface area contributed by atoms with Gasteiger partial charge in [-0.1, -0.05) is 0 Å². The van der Waals surface area contributed by atoms with Crippen molar-refractivity contribution in [3.8, 4) is 5.75 Å². The van der Waals surface area contributed by atoms with Gasteiger partial charge in [-0.25, -0.2) is 0 Å². The van der Waals surface area contributed by atoms with Crippen molar-refractivity contribution < 1.29 is 5.11 Å². The fraction of sp³-hybridized carbons (Fsp3) is 0.571. The first kappa shape index (κ1) is 15.3. The Bertz CT molecular complexity index is 436. The highest BCUT2D eigenvalue weighted by atomic mass is 79.9. The minimum absolute atomic E-state index is 0.257. The highest BCUT2D eigenvalue weighted by molar-refractivity contribution is 9.11. The molecule has 2 rings (SSSR count). The first-order valence-electron chi connectivity index (χ1n) is 6.50. The molecule has 2 N–H and O–H groups in total. The average Bonchev–Trinajstić information content (AvgIpc) is 2.28. The van der Waals surface area contributed by atoms with Crippen molar-refractivity contribution in [2.45, 2.75) is 31.3 Å². The van der Waals surface area contributed by atoms with Crippen LogP contribution in [0.3, 0.4) is 0 Å². The molecule has 19 heavy (non-hydrogen) atoms. The van der Waals surface area contributed by atoms with Crippen LogP contribution in [-0.2, 0) is 6.54 Å². The number of hydrogen-bond acceptors (Lipinski definition) is 3. The van der Waals surface area contributed by atoms with Crippen molar-refractivity contribution in [3.63, 3.8) is 0 Å². The van der Waals surface area contributed by atoms with E-state index in [1.54, 1.807) is 0 Å². The van der Waals surface area contributed by atoms with Gasteiger partial charge in [0, 0.05) is 18.6 Å². The Labute approximate surface area is 131 Å². The summed E-state index contributed by atoms with van der Waals surface area (Å²) in [7, 11) is 4.32. The minimum Gasteiger partial charge on any atom is -0.506 e. The lowest BCUT2D eigenvalue weighted by Crippen LogP contribution is -2.56. The number of nitrogens with zero attached hydrogens (tertiary/aromatic N) is 1. The third-order valence-corrected chi connectivity index (χ3v) is 5.30. The van der Waals surface area contributed by atoms with Gasteiger partial charge in [0.2, 0.25) is 0 Å². The molecule has 0 radical (unpaired) electrons. The highest BCUT2D eigenvalue weighted by Crippen LogP contribution is 2.36. The molecule has 0 saturated heterocycles. The maximum absolute atomic E-state index is 9.68. The Balaban J connectivity index is 1.93. The summed E-state index contributed by atoms with van der Waals surface area (Å²) < 4.78 is 1.45. The standard InChI is InChI=1S/C14H20Br2N2O/c1-18(2)14(4-3-5-14)9-17-8-10-6-11(15)13(19)12(16)7-10/h6-7,17,19H,3-5,8-9H2,1-2H3. The van der Waals surface area contributed by atoms with Gasteiger partial charge in [0.05, 0.1) is 8.95 Å².